The van der Waals surface area contributed by atoms with Gasteiger partial charge in [0.25, 0.3) is 0 Å². The summed E-state index contributed by atoms with van der Waals surface area (Å²) in [6.07, 6.45) is 3.81. The van der Waals surface area contributed by atoms with E-state index in [0.717, 1.165) is 22.3 Å². The van der Waals surface area contributed by atoms with E-state index in [-0.39, 0.29) is 14.9 Å². The van der Waals surface area contributed by atoms with Crippen molar-refractivity contribution < 1.29 is 8.42 Å². The van der Waals surface area contributed by atoms with E-state index in [1.165, 1.54) is 16.4 Å². The van der Waals surface area contributed by atoms with Gasteiger partial charge in [-0.2, -0.15) is 4.31 Å². The number of hydrogen-bond acceptors (Lipinski definition) is 5. The molecule has 163 valence electrons. The first kappa shape index (κ1) is 22.7. The molecule has 0 aliphatic carbocycles. The first-order chi connectivity index (χ1) is 14.8. The van der Waals surface area contributed by atoms with E-state index in [2.05, 4.69) is 14.9 Å². The van der Waals surface area contributed by atoms with E-state index in [1.54, 1.807) is 6.20 Å². The number of nitrogens with zero attached hydrogens (tertiary/aromatic N) is 4. The Morgan fingerprint density at radius 2 is 1.71 bits per heavy atom. The summed E-state index contributed by atoms with van der Waals surface area (Å²) in [5.74, 6) is 0. The monoisotopic (exact) mass is 497 g/mol. The number of pyridine rings is 2. The second-order valence-corrected chi connectivity index (χ2v) is 10.4. The number of hydrogen-bond donors (Lipinski definition) is 0. The maximum Gasteiger partial charge on any atom is 0.246 e. The third-order valence-electron chi connectivity index (χ3n) is 5.29. The second-order valence-electron chi connectivity index (χ2n) is 7.31. The lowest BCUT2D eigenvalue weighted by molar-refractivity contribution is 0.200. The molecule has 0 amide bonds. The molecule has 1 saturated heterocycles. The topological polar surface area (TPSA) is 66.4 Å². The lowest BCUT2D eigenvalue weighted by Gasteiger charge is -2.34. The van der Waals surface area contributed by atoms with Gasteiger partial charge in [-0.15, -0.1) is 0 Å². The summed E-state index contributed by atoms with van der Waals surface area (Å²) in [6.45, 7) is 4.53. The Bertz CT molecular complexity index is 1210. The van der Waals surface area contributed by atoms with E-state index in [9.17, 15) is 8.42 Å². The fraction of sp³-hybridized carbons (Fsp3) is 0.286. The Kier molecular flexibility index (Phi) is 6.72. The largest absolute Gasteiger partial charge is 0.300 e. The molecule has 1 fully saturated rings. The molecule has 1 aromatic carbocycles. The number of fused-ring (bicyclic) bond motifs is 1. The van der Waals surface area contributed by atoms with Gasteiger partial charge in [0.15, 0.2) is 0 Å². The molecule has 1 aliphatic rings. The highest BCUT2D eigenvalue weighted by atomic mass is 35.5. The summed E-state index contributed by atoms with van der Waals surface area (Å²) in [5.41, 5.74) is 2.75. The van der Waals surface area contributed by atoms with Gasteiger partial charge in [0.05, 0.1) is 15.6 Å². The smallest absolute Gasteiger partial charge is 0.246 e. The lowest BCUT2D eigenvalue weighted by Crippen LogP contribution is -2.48. The molecule has 4 rings (SSSR count). The van der Waals surface area contributed by atoms with E-state index in [0.29, 0.717) is 37.7 Å². The fourth-order valence-electron chi connectivity index (χ4n) is 3.61. The van der Waals surface area contributed by atoms with Crippen molar-refractivity contribution in [2.24, 2.45) is 0 Å². The number of rotatable bonds is 5. The van der Waals surface area contributed by atoms with Gasteiger partial charge in [0, 0.05) is 67.1 Å². The molecule has 3 aromatic rings. The highest BCUT2D eigenvalue weighted by molar-refractivity contribution is 7.89. The van der Waals surface area contributed by atoms with Crippen molar-refractivity contribution >= 4 is 55.7 Å². The summed E-state index contributed by atoms with van der Waals surface area (Å²) in [5, 5.41) is 1.39. The predicted molar refractivity (Wildman–Crippen MR) is 124 cm³/mol. The number of benzene rings is 1. The molecule has 0 unspecified atom stereocenters. The normalized spacial score (nSPS) is 16.1. The minimum Gasteiger partial charge on any atom is -0.300 e. The molecule has 2 aromatic heterocycles. The van der Waals surface area contributed by atoms with E-state index >= 15 is 0 Å². The van der Waals surface area contributed by atoms with E-state index < -0.39 is 10.0 Å². The summed E-state index contributed by atoms with van der Waals surface area (Å²) in [6, 6.07) is 8.68. The van der Waals surface area contributed by atoms with Crippen LogP contribution in [0.15, 0.2) is 41.4 Å². The van der Waals surface area contributed by atoms with Crippen molar-refractivity contribution in [3.05, 3.63) is 69.4 Å². The van der Waals surface area contributed by atoms with Crippen LogP contribution in [-0.2, 0) is 10.0 Å². The fourth-order valence-corrected chi connectivity index (χ4v) is 6.52. The van der Waals surface area contributed by atoms with Gasteiger partial charge >= 0.3 is 0 Å². The molecule has 0 N–H and O–H groups in total. The SMILES string of the molecule is Cc1nccc2nc([CH]CN3CCN(S(=O)(=O)c4c(Cl)cc(Cl)cc4Cl)CC3)ccc12. The first-order valence-electron chi connectivity index (χ1n) is 9.68. The highest BCUT2D eigenvalue weighted by Gasteiger charge is 2.32. The molecule has 0 spiro atoms. The van der Waals surface area contributed by atoms with Crippen molar-refractivity contribution in [2.75, 3.05) is 32.7 Å². The zero-order valence-electron chi connectivity index (χ0n) is 16.7. The Morgan fingerprint density at radius 3 is 2.39 bits per heavy atom. The predicted octanol–water partition coefficient (Wildman–Crippen LogP) is 4.46. The van der Waals surface area contributed by atoms with Gasteiger partial charge in [-0.05, 0) is 37.3 Å². The third-order valence-corrected chi connectivity index (χ3v) is 8.33. The molecule has 0 atom stereocenters. The molecule has 10 heteroatoms. The van der Waals surface area contributed by atoms with Crippen molar-refractivity contribution in [3.63, 3.8) is 0 Å². The minimum atomic E-state index is -3.80. The van der Waals surface area contributed by atoms with Gasteiger partial charge in [0.1, 0.15) is 4.90 Å². The van der Waals surface area contributed by atoms with Crippen molar-refractivity contribution in [1.82, 2.24) is 19.2 Å². The van der Waals surface area contributed by atoms with Crippen molar-refractivity contribution in [3.8, 4) is 0 Å². The maximum absolute atomic E-state index is 13.1. The van der Waals surface area contributed by atoms with Crippen LogP contribution in [0.5, 0.6) is 0 Å². The molecule has 0 saturated carbocycles. The van der Waals surface area contributed by atoms with Crippen LogP contribution in [0.4, 0.5) is 0 Å². The van der Waals surface area contributed by atoms with Crippen LogP contribution in [-0.4, -0.2) is 60.3 Å². The lowest BCUT2D eigenvalue weighted by atomic mass is 10.1. The zero-order chi connectivity index (χ0) is 22.2. The van der Waals surface area contributed by atoms with Crippen molar-refractivity contribution in [2.45, 2.75) is 11.8 Å². The first-order valence-corrected chi connectivity index (χ1v) is 12.3. The van der Waals surface area contributed by atoms with Crippen LogP contribution in [0.1, 0.15) is 11.4 Å². The Labute approximate surface area is 196 Å². The summed E-state index contributed by atoms with van der Waals surface area (Å²) >= 11 is 18.2. The van der Waals surface area contributed by atoms with E-state index in [1.807, 2.05) is 31.5 Å². The Hall–Kier alpha value is -1.48. The third kappa shape index (κ3) is 4.82. The average molecular weight is 499 g/mol. The molecule has 1 radical (unpaired) electrons. The minimum absolute atomic E-state index is 0.0288. The van der Waals surface area contributed by atoms with Crippen molar-refractivity contribution in [1.29, 1.82) is 0 Å². The average Bonchev–Trinajstić information content (AvgIpc) is 2.71. The summed E-state index contributed by atoms with van der Waals surface area (Å²) < 4.78 is 27.5. The van der Waals surface area contributed by atoms with Gasteiger partial charge in [-0.1, -0.05) is 34.8 Å². The Morgan fingerprint density at radius 1 is 1.03 bits per heavy atom. The number of sulfonamides is 1. The van der Waals surface area contributed by atoms with Gasteiger partial charge in [-0.25, -0.2) is 8.42 Å². The number of piperazine rings is 1. The van der Waals surface area contributed by atoms with Gasteiger partial charge in [-0.3, -0.25) is 9.97 Å². The van der Waals surface area contributed by atoms with Crippen LogP contribution in [0, 0.1) is 13.3 Å². The molecule has 1 aliphatic heterocycles. The molecule has 3 heterocycles. The molecular weight excluding hydrogens is 479 g/mol. The summed E-state index contributed by atoms with van der Waals surface area (Å²) in [4.78, 5) is 11.0. The number of aryl methyl sites for hydroxylation is 1. The quantitative estimate of drug-likeness (QED) is 0.520. The number of aromatic nitrogens is 2. The van der Waals surface area contributed by atoms with Gasteiger partial charge < -0.3 is 4.90 Å². The van der Waals surface area contributed by atoms with E-state index in [4.69, 9.17) is 34.8 Å². The van der Waals surface area contributed by atoms with Crippen LogP contribution >= 0.6 is 34.8 Å². The standard InChI is InChI=1S/C21H20Cl3N4O2S/c1-14-17-3-2-16(26-20(17)4-6-25-14)5-7-27-8-10-28(11-9-27)31(29,30)21-18(23)12-15(22)13-19(21)24/h2-6,12-13H,7-11H2,1H3. The van der Waals surface area contributed by atoms with Crippen LogP contribution in [0.25, 0.3) is 10.9 Å². The molecule has 31 heavy (non-hydrogen) atoms. The zero-order valence-corrected chi connectivity index (χ0v) is 19.8. The second kappa shape index (κ2) is 9.17. The molecule has 0 bridgehead atoms. The van der Waals surface area contributed by atoms with Gasteiger partial charge in [0.2, 0.25) is 10.0 Å². The van der Waals surface area contributed by atoms with Crippen LogP contribution in [0.3, 0.4) is 0 Å². The van der Waals surface area contributed by atoms with Crippen LogP contribution in [0.2, 0.25) is 15.1 Å². The Balaban J connectivity index is 1.39. The molecular formula is C21H20Cl3N4O2S. The highest BCUT2D eigenvalue weighted by Crippen LogP contribution is 2.34. The molecule has 6 nitrogen and oxygen atoms in total. The maximum atomic E-state index is 13.1. The van der Waals surface area contributed by atoms with Crippen LogP contribution < -0.4 is 0 Å². The number of halogens is 3. The summed E-state index contributed by atoms with van der Waals surface area (Å²) in [7, 11) is -3.80.